The first-order chi connectivity index (χ1) is 38.4. The van der Waals surface area contributed by atoms with Crippen molar-refractivity contribution < 1.29 is 125 Å². The minimum atomic E-state index is -5.20. The number of aliphatic hydroxyl groups excluding tert-OH is 9. The van der Waals surface area contributed by atoms with Crippen molar-refractivity contribution in [1.82, 2.24) is 0 Å². The lowest BCUT2D eigenvalue weighted by atomic mass is 9.41. The maximum atomic E-state index is 14.7. The highest BCUT2D eigenvalue weighted by molar-refractivity contribution is 7.80. The fourth-order valence-corrected chi connectivity index (χ4v) is 16.8. The number of hydrogen-bond donors (Lipinski definition) is 10. The molecule has 0 unspecified atom stereocenters. The first-order valence-corrected chi connectivity index (χ1v) is 29.8. The Kier molecular flexibility index (Phi) is 18.7. The zero-order valence-corrected chi connectivity index (χ0v) is 48.6. The molecule has 27 heteroatoms. The molecule has 3 saturated carbocycles. The van der Waals surface area contributed by atoms with Crippen LogP contribution in [0.15, 0.2) is 23.3 Å². The van der Waals surface area contributed by atoms with Crippen molar-refractivity contribution in [3.63, 3.8) is 0 Å². The molecule has 8 fully saturated rings. The van der Waals surface area contributed by atoms with Crippen LogP contribution in [0.25, 0.3) is 0 Å². The second-order valence-electron chi connectivity index (χ2n) is 25.6. The molecular weight excluding hydrogens is 1110 g/mol. The minimum Gasteiger partial charge on any atom is -0.462 e. The summed E-state index contributed by atoms with van der Waals surface area (Å²) in [6, 6.07) is 0. The Morgan fingerprint density at radius 3 is 2.01 bits per heavy atom. The average Bonchev–Trinajstić information content (AvgIpc) is 1.66. The van der Waals surface area contributed by atoms with Crippen LogP contribution in [-0.2, 0) is 76.3 Å². The van der Waals surface area contributed by atoms with Crippen LogP contribution in [0.1, 0.15) is 107 Å². The van der Waals surface area contributed by atoms with E-state index >= 15 is 0 Å². The van der Waals surface area contributed by atoms with E-state index in [2.05, 4.69) is 39.8 Å². The molecule has 0 aromatic heterocycles. The van der Waals surface area contributed by atoms with Gasteiger partial charge in [-0.05, 0) is 94.8 Å². The largest absolute Gasteiger partial charge is 0.462 e. The number of methoxy groups -OCH3 is 1. The number of ether oxygens (including phenoxy) is 11. The second-order valence-corrected chi connectivity index (χ2v) is 26.7. The molecule has 27 atom stereocenters. The van der Waals surface area contributed by atoms with Crippen LogP contribution in [0, 0.1) is 39.4 Å². The first kappa shape index (κ1) is 64.1. The van der Waals surface area contributed by atoms with Crippen LogP contribution >= 0.6 is 0 Å². The van der Waals surface area contributed by atoms with Gasteiger partial charge in [-0.1, -0.05) is 51.0 Å². The van der Waals surface area contributed by atoms with Crippen LogP contribution < -0.4 is 0 Å². The standard InChI is InChI=1S/C55H86O26S/c1-24(2)11-10-16-54(8)45-29(73-25(3)58)19-53(7)27-12-13-33-51(4,5)34(15-17-52(33,6)26(27)14-18-55(45,53)50(66)80-54)76-49-44(36(61)32(23-72-49)81-82(67,68)69)79-47-38(63)37(62)42(31(21-57)75-47)78-46-39(64)41(28(59)22-71-46)77-48-40(65)43(70-9)35(60)30(20-56)74-48/h11-12,26,28-49,56-57,59-65H,10,13-23H2,1-9H3,(H,67,68,69)/t26-,28+,29-,30+,31+,32+,33-,34-,35+,36-,37+,38+,39+,40+,41-,42+,43-,44+,45+,46-,47-,48-,49-,52+,53-,54-,55+/m0/s1. The normalized spacial score (nSPS) is 49.1. The lowest BCUT2D eigenvalue weighted by Gasteiger charge is -2.64. The number of rotatable bonds is 17. The molecule has 9 aliphatic rings. The number of carbonyl (C=O) groups excluding carboxylic acids is 2. The first-order valence-electron chi connectivity index (χ1n) is 28.5. The van der Waals surface area contributed by atoms with E-state index in [9.17, 15) is 68.5 Å². The van der Waals surface area contributed by atoms with Gasteiger partial charge in [-0.25, -0.2) is 4.18 Å². The monoisotopic (exact) mass is 1190 g/mol. The molecule has 9 rings (SSSR count). The van der Waals surface area contributed by atoms with Crippen LogP contribution in [0.4, 0.5) is 0 Å². The number of carbonyl (C=O) groups is 2. The molecule has 0 aromatic rings. The van der Waals surface area contributed by atoms with Crippen molar-refractivity contribution in [2.75, 3.05) is 33.5 Å². The molecule has 1 spiro atoms. The van der Waals surface area contributed by atoms with Gasteiger partial charge in [-0.2, -0.15) is 8.42 Å². The third-order valence-corrected chi connectivity index (χ3v) is 20.7. The molecule has 4 aliphatic carbocycles. The number of hydrogen-bond acceptors (Lipinski definition) is 25. The molecule has 5 heterocycles. The van der Waals surface area contributed by atoms with Gasteiger partial charge in [0.1, 0.15) is 97.2 Å². The quantitative estimate of drug-likeness (QED) is 0.0503. The predicted molar refractivity (Wildman–Crippen MR) is 277 cm³/mol. The van der Waals surface area contributed by atoms with Crippen molar-refractivity contribution >= 4 is 22.3 Å². The van der Waals surface area contributed by atoms with Crippen molar-refractivity contribution in [2.45, 2.75) is 235 Å². The van der Waals surface area contributed by atoms with Gasteiger partial charge in [-0.3, -0.25) is 14.1 Å². The van der Waals surface area contributed by atoms with Gasteiger partial charge in [0, 0.05) is 19.4 Å². The third-order valence-electron chi connectivity index (χ3n) is 20.2. The van der Waals surface area contributed by atoms with Crippen molar-refractivity contribution in [2.24, 2.45) is 39.4 Å². The van der Waals surface area contributed by atoms with Crippen LogP contribution in [0.5, 0.6) is 0 Å². The summed E-state index contributed by atoms with van der Waals surface area (Å²) in [5, 5.41) is 99.1. The van der Waals surface area contributed by atoms with Gasteiger partial charge in [0.25, 0.3) is 0 Å². The fourth-order valence-electron chi connectivity index (χ4n) is 16.3. The summed E-state index contributed by atoms with van der Waals surface area (Å²) in [7, 11) is -4.00. The van der Waals surface area contributed by atoms with Crippen molar-refractivity contribution in [1.29, 1.82) is 0 Å². The molecule has 5 saturated heterocycles. The lowest BCUT2D eigenvalue weighted by Crippen LogP contribution is -2.66. The van der Waals surface area contributed by atoms with E-state index in [0.717, 1.165) is 5.57 Å². The highest BCUT2D eigenvalue weighted by Gasteiger charge is 2.79. The summed E-state index contributed by atoms with van der Waals surface area (Å²) < 4.78 is 104. The van der Waals surface area contributed by atoms with Gasteiger partial charge in [0.15, 0.2) is 25.2 Å². The van der Waals surface area contributed by atoms with E-state index in [-0.39, 0.29) is 29.1 Å². The topological polar surface area (TPSA) is 381 Å². The number of cyclic esters (lactones) is 1. The van der Waals surface area contributed by atoms with Crippen LogP contribution in [0.2, 0.25) is 0 Å². The Morgan fingerprint density at radius 1 is 0.732 bits per heavy atom. The van der Waals surface area contributed by atoms with Gasteiger partial charge in [0.2, 0.25) is 0 Å². The third kappa shape index (κ3) is 11.2. The highest BCUT2D eigenvalue weighted by Crippen LogP contribution is 2.77. The summed E-state index contributed by atoms with van der Waals surface area (Å²) >= 11 is 0. The summed E-state index contributed by atoms with van der Waals surface area (Å²) in [6.07, 6.45) is -22.9. The Labute approximate surface area is 477 Å². The maximum absolute atomic E-state index is 14.7. The number of aliphatic hydroxyl groups is 9. The number of fused-ring (bicyclic) bond motifs is 4. The summed E-state index contributed by atoms with van der Waals surface area (Å²) in [5.41, 5.74) is -1.15. The van der Waals surface area contributed by atoms with Crippen molar-refractivity contribution in [3.8, 4) is 0 Å². The van der Waals surface area contributed by atoms with Gasteiger partial charge in [0.05, 0.1) is 43.9 Å². The zero-order valence-electron chi connectivity index (χ0n) is 47.8. The van der Waals surface area contributed by atoms with E-state index in [1.807, 2.05) is 20.8 Å². The molecule has 82 heavy (non-hydrogen) atoms. The molecule has 5 aliphatic heterocycles. The van der Waals surface area contributed by atoms with Crippen LogP contribution in [-0.4, -0.2) is 233 Å². The molecule has 0 aromatic carbocycles. The summed E-state index contributed by atoms with van der Waals surface area (Å²) in [6.45, 7) is 13.2. The van der Waals surface area contributed by atoms with E-state index in [0.29, 0.717) is 51.4 Å². The fraction of sp³-hybridized carbons (Fsp3) is 0.891. The minimum absolute atomic E-state index is 0.0232. The van der Waals surface area contributed by atoms with E-state index < -0.39 is 187 Å². The zero-order chi connectivity index (χ0) is 60.0. The van der Waals surface area contributed by atoms with Gasteiger partial charge >= 0.3 is 22.3 Å². The van der Waals surface area contributed by atoms with Gasteiger partial charge in [-0.15, -0.1) is 0 Å². The Hall–Kier alpha value is -2.43. The Balaban J connectivity index is 0.918. The predicted octanol–water partition coefficient (Wildman–Crippen LogP) is -0.408. The molecule has 0 radical (unpaired) electrons. The van der Waals surface area contributed by atoms with Crippen molar-refractivity contribution in [3.05, 3.63) is 23.3 Å². The highest BCUT2D eigenvalue weighted by atomic mass is 32.3. The van der Waals surface area contributed by atoms with E-state index in [4.69, 9.17) is 56.3 Å². The molecule has 10 N–H and O–H groups in total. The van der Waals surface area contributed by atoms with Gasteiger partial charge < -0.3 is 98.1 Å². The molecule has 0 amide bonds. The Bertz CT molecular complexity index is 2470. The molecule has 468 valence electrons. The smallest absolute Gasteiger partial charge is 0.397 e. The van der Waals surface area contributed by atoms with E-state index in [1.165, 1.54) is 19.6 Å². The number of allylic oxidation sites excluding steroid dienone is 4. The molecule has 26 nitrogen and oxygen atoms in total. The average molecular weight is 1200 g/mol. The lowest BCUT2D eigenvalue weighted by molar-refractivity contribution is -0.385. The summed E-state index contributed by atoms with van der Waals surface area (Å²) in [4.78, 5) is 27.4. The van der Waals surface area contributed by atoms with Crippen LogP contribution in [0.3, 0.4) is 0 Å². The molecular formula is C55H86O26S. The summed E-state index contributed by atoms with van der Waals surface area (Å²) in [5.74, 6) is -1.04. The van der Waals surface area contributed by atoms with E-state index in [1.54, 1.807) is 0 Å². The molecule has 0 bridgehead atoms. The maximum Gasteiger partial charge on any atom is 0.397 e. The SMILES string of the molecule is CO[C@@H]1[C@@H](O)[C@H](O[C@@H]2[C@@H](O)[C@H](O[C@H]3[C@H](O)[C@@H](O)[C@H](O[C@H]4[C@H](O[C@H]5CC[C@]6(C)[C@H]7CC[C@]89C(=O)O[C@@](C)(CCC=C(C)C)[C@H]8[C@@H](OC(C)=O)C[C@@]9(C)C7=CC[C@H]6C5(C)C)OC[C@@H](OS(=O)(=O)O)[C@@H]4O)O[C@@H]3CO)OC[C@H]2O)O[C@H](CO)[C@H]1O. The number of esters is 2. The second kappa shape index (κ2) is 23.9. The Morgan fingerprint density at radius 2 is 1.37 bits per heavy atom.